The molecule has 0 saturated carbocycles. The summed E-state index contributed by atoms with van der Waals surface area (Å²) in [6.45, 7) is 5.13. The summed E-state index contributed by atoms with van der Waals surface area (Å²) in [4.78, 5) is 4.16. The van der Waals surface area contributed by atoms with E-state index in [-0.39, 0.29) is 5.03 Å². The van der Waals surface area contributed by atoms with Gasteiger partial charge in [-0.25, -0.2) is 13.4 Å². The number of aryl methyl sites for hydroxylation is 2. The minimum Gasteiger partial charge on any atom is -0.334 e. The summed E-state index contributed by atoms with van der Waals surface area (Å²) < 4.78 is 28.0. The van der Waals surface area contributed by atoms with Crippen molar-refractivity contribution in [3.8, 4) is 0 Å². The Kier molecular flexibility index (Phi) is 3.74. The Labute approximate surface area is 108 Å². The first-order valence-electron chi connectivity index (χ1n) is 6.28. The largest absolute Gasteiger partial charge is 0.334 e. The Hall–Kier alpha value is -0.920. The molecule has 1 aliphatic rings. The van der Waals surface area contributed by atoms with Gasteiger partial charge >= 0.3 is 0 Å². The molecule has 1 aromatic rings. The van der Waals surface area contributed by atoms with Crippen LogP contribution in [-0.2, 0) is 16.6 Å². The first-order valence-corrected chi connectivity index (χ1v) is 7.72. The SMILES string of the molecule is CCCn1cc(S(=O)(=O)N2CCCC2N)nc1C. The van der Waals surface area contributed by atoms with Crippen LogP contribution in [0.25, 0.3) is 0 Å². The lowest BCUT2D eigenvalue weighted by Gasteiger charge is -2.18. The lowest BCUT2D eigenvalue weighted by atomic mass is 10.3. The van der Waals surface area contributed by atoms with Crippen molar-refractivity contribution in [1.82, 2.24) is 13.9 Å². The quantitative estimate of drug-likeness (QED) is 0.873. The molecule has 1 saturated heterocycles. The molecule has 1 atom stereocenters. The number of hydrogen-bond donors (Lipinski definition) is 1. The molecule has 1 aromatic heterocycles. The van der Waals surface area contributed by atoms with Crippen LogP contribution in [0, 0.1) is 6.92 Å². The number of imidazole rings is 1. The van der Waals surface area contributed by atoms with E-state index in [1.54, 1.807) is 6.20 Å². The molecule has 1 unspecified atom stereocenters. The van der Waals surface area contributed by atoms with E-state index in [1.807, 2.05) is 18.4 Å². The van der Waals surface area contributed by atoms with E-state index < -0.39 is 16.2 Å². The molecule has 2 rings (SSSR count). The third-order valence-corrected chi connectivity index (χ3v) is 5.04. The molecule has 1 aliphatic heterocycles. The van der Waals surface area contributed by atoms with Crippen LogP contribution in [0.15, 0.2) is 11.2 Å². The minimum absolute atomic E-state index is 0.116. The zero-order valence-electron chi connectivity index (χ0n) is 10.8. The van der Waals surface area contributed by atoms with E-state index in [0.29, 0.717) is 13.0 Å². The van der Waals surface area contributed by atoms with Crippen molar-refractivity contribution in [2.75, 3.05) is 6.54 Å². The van der Waals surface area contributed by atoms with Crippen LogP contribution < -0.4 is 5.73 Å². The van der Waals surface area contributed by atoms with E-state index in [9.17, 15) is 8.42 Å². The zero-order valence-corrected chi connectivity index (χ0v) is 11.7. The Balaban J connectivity index is 2.32. The fourth-order valence-electron chi connectivity index (χ4n) is 2.26. The third-order valence-electron chi connectivity index (χ3n) is 3.24. The van der Waals surface area contributed by atoms with Crippen LogP contribution in [0.1, 0.15) is 32.0 Å². The van der Waals surface area contributed by atoms with Crippen LogP contribution in [0.3, 0.4) is 0 Å². The average Bonchev–Trinajstić information content (AvgIpc) is 2.87. The molecule has 7 heteroatoms. The lowest BCUT2D eigenvalue weighted by molar-refractivity contribution is 0.394. The number of nitrogens with two attached hydrogens (primary N) is 1. The Morgan fingerprint density at radius 3 is 2.83 bits per heavy atom. The maximum absolute atomic E-state index is 12.4. The van der Waals surface area contributed by atoms with Crippen LogP contribution in [0.4, 0.5) is 0 Å². The highest BCUT2D eigenvalue weighted by Gasteiger charge is 2.34. The van der Waals surface area contributed by atoms with Crippen LogP contribution in [-0.4, -0.2) is 35.0 Å². The fraction of sp³-hybridized carbons (Fsp3) is 0.727. The molecule has 102 valence electrons. The summed E-state index contributed by atoms with van der Waals surface area (Å²) in [5, 5.41) is 0.116. The van der Waals surface area contributed by atoms with Crippen molar-refractivity contribution in [3.63, 3.8) is 0 Å². The molecule has 18 heavy (non-hydrogen) atoms. The Morgan fingerprint density at radius 2 is 2.28 bits per heavy atom. The lowest BCUT2D eigenvalue weighted by Crippen LogP contribution is -2.41. The smallest absolute Gasteiger partial charge is 0.263 e. The van der Waals surface area contributed by atoms with Crippen molar-refractivity contribution in [3.05, 3.63) is 12.0 Å². The van der Waals surface area contributed by atoms with Gasteiger partial charge in [-0.2, -0.15) is 4.31 Å². The molecule has 2 N–H and O–H groups in total. The van der Waals surface area contributed by atoms with Gasteiger partial charge < -0.3 is 10.3 Å². The van der Waals surface area contributed by atoms with E-state index in [1.165, 1.54) is 4.31 Å². The van der Waals surface area contributed by atoms with E-state index in [4.69, 9.17) is 5.73 Å². The summed E-state index contributed by atoms with van der Waals surface area (Å²) in [6, 6.07) is 0. The summed E-state index contributed by atoms with van der Waals surface area (Å²) in [6.07, 6.45) is 3.67. The van der Waals surface area contributed by atoms with Crippen LogP contribution in [0.2, 0.25) is 0 Å². The summed E-state index contributed by atoms with van der Waals surface area (Å²) in [5.74, 6) is 0.725. The summed E-state index contributed by atoms with van der Waals surface area (Å²) in [5.41, 5.74) is 5.82. The molecule has 0 aromatic carbocycles. The van der Waals surface area contributed by atoms with Gasteiger partial charge in [-0.1, -0.05) is 6.92 Å². The number of nitrogens with zero attached hydrogens (tertiary/aromatic N) is 3. The second kappa shape index (κ2) is 4.99. The molecule has 0 bridgehead atoms. The van der Waals surface area contributed by atoms with Crippen LogP contribution >= 0.6 is 0 Å². The van der Waals surface area contributed by atoms with E-state index >= 15 is 0 Å². The zero-order chi connectivity index (χ0) is 13.3. The molecular formula is C11H20N4O2S. The molecular weight excluding hydrogens is 252 g/mol. The van der Waals surface area contributed by atoms with Gasteiger partial charge in [0.2, 0.25) is 0 Å². The molecule has 0 spiro atoms. The Morgan fingerprint density at radius 1 is 1.56 bits per heavy atom. The van der Waals surface area contributed by atoms with Crippen molar-refractivity contribution in [1.29, 1.82) is 0 Å². The predicted octanol–water partition coefficient (Wildman–Crippen LogP) is 0.671. The fourth-order valence-corrected chi connectivity index (χ4v) is 3.84. The van der Waals surface area contributed by atoms with Gasteiger partial charge in [0.05, 0.1) is 6.17 Å². The van der Waals surface area contributed by atoms with Gasteiger partial charge in [-0.15, -0.1) is 0 Å². The number of sulfonamides is 1. The molecule has 0 amide bonds. The monoisotopic (exact) mass is 272 g/mol. The molecule has 0 radical (unpaired) electrons. The van der Waals surface area contributed by atoms with Gasteiger partial charge in [0.15, 0.2) is 5.03 Å². The second-order valence-corrected chi connectivity index (χ2v) is 6.48. The van der Waals surface area contributed by atoms with E-state index in [0.717, 1.165) is 25.2 Å². The van der Waals surface area contributed by atoms with Gasteiger partial charge in [-0.3, -0.25) is 0 Å². The summed E-state index contributed by atoms with van der Waals surface area (Å²) >= 11 is 0. The second-order valence-electron chi connectivity index (χ2n) is 4.65. The number of hydrogen-bond acceptors (Lipinski definition) is 4. The molecule has 6 nitrogen and oxygen atoms in total. The van der Waals surface area contributed by atoms with Crippen molar-refractivity contribution in [2.45, 2.75) is 50.8 Å². The minimum atomic E-state index is -3.53. The van der Waals surface area contributed by atoms with Gasteiger partial charge in [0, 0.05) is 19.3 Å². The maximum Gasteiger partial charge on any atom is 0.263 e. The van der Waals surface area contributed by atoms with Crippen molar-refractivity contribution >= 4 is 10.0 Å². The van der Waals surface area contributed by atoms with Crippen LogP contribution in [0.5, 0.6) is 0 Å². The average molecular weight is 272 g/mol. The standard InChI is InChI=1S/C11H20N4O2S/c1-3-6-14-8-11(13-9(14)2)18(16,17)15-7-4-5-10(15)12/h8,10H,3-7,12H2,1-2H3. The highest BCUT2D eigenvalue weighted by atomic mass is 32.2. The molecule has 2 heterocycles. The first kappa shape index (κ1) is 13.5. The van der Waals surface area contributed by atoms with Gasteiger partial charge in [0.25, 0.3) is 10.0 Å². The number of aromatic nitrogens is 2. The molecule has 0 aliphatic carbocycles. The van der Waals surface area contributed by atoms with Crippen molar-refractivity contribution < 1.29 is 8.42 Å². The number of rotatable bonds is 4. The van der Waals surface area contributed by atoms with Gasteiger partial charge in [0.1, 0.15) is 5.82 Å². The van der Waals surface area contributed by atoms with Crippen molar-refractivity contribution in [2.24, 2.45) is 5.73 Å². The normalized spacial score (nSPS) is 21.6. The van der Waals surface area contributed by atoms with Gasteiger partial charge in [-0.05, 0) is 26.2 Å². The molecule has 1 fully saturated rings. The summed E-state index contributed by atoms with van der Waals surface area (Å²) in [7, 11) is -3.53. The third kappa shape index (κ3) is 2.30. The first-order chi connectivity index (χ1) is 8.46. The van der Waals surface area contributed by atoms with E-state index in [2.05, 4.69) is 4.98 Å². The maximum atomic E-state index is 12.4. The highest BCUT2D eigenvalue weighted by molar-refractivity contribution is 7.89. The topological polar surface area (TPSA) is 81.2 Å². The highest BCUT2D eigenvalue weighted by Crippen LogP contribution is 2.23. The predicted molar refractivity (Wildman–Crippen MR) is 68.4 cm³/mol. The Bertz CT molecular complexity index is 523.